The van der Waals surface area contributed by atoms with Crippen LogP contribution in [0.3, 0.4) is 0 Å². The highest BCUT2D eigenvalue weighted by atomic mass is 32.2. The fourth-order valence-electron chi connectivity index (χ4n) is 6.49. The Kier molecular flexibility index (Phi) is 5.41. The first-order chi connectivity index (χ1) is 16.2. The molecule has 7 rings (SSSR count). The van der Waals surface area contributed by atoms with E-state index in [0.29, 0.717) is 17.4 Å². The molecule has 4 saturated carbocycles. The minimum absolute atomic E-state index is 0.0850. The minimum Gasteiger partial charge on any atom is -0.470 e. The molecule has 4 aliphatic carbocycles. The first-order valence-electron chi connectivity index (χ1n) is 11.9. The zero-order chi connectivity index (χ0) is 22.3. The number of rotatable bonds is 7. The van der Waals surface area contributed by atoms with E-state index in [1.54, 1.807) is 0 Å². The van der Waals surface area contributed by atoms with Gasteiger partial charge < -0.3 is 14.6 Å². The first-order valence-corrected chi connectivity index (χ1v) is 12.7. The van der Waals surface area contributed by atoms with Gasteiger partial charge in [-0.2, -0.15) is 0 Å². The van der Waals surface area contributed by atoms with Crippen LogP contribution >= 0.6 is 11.8 Å². The van der Waals surface area contributed by atoms with Gasteiger partial charge in [0.15, 0.2) is 0 Å². The van der Waals surface area contributed by atoms with Gasteiger partial charge in [-0.25, -0.2) is 0 Å². The number of benzene rings is 2. The number of ether oxygens (including phenoxy) is 1. The van der Waals surface area contributed by atoms with Gasteiger partial charge in [-0.1, -0.05) is 60.3 Å². The molecule has 5 nitrogen and oxygen atoms in total. The highest BCUT2D eigenvalue weighted by Gasteiger charge is 2.52. The molecule has 1 N–H and O–H groups in total. The van der Waals surface area contributed by atoms with Gasteiger partial charge in [-0.05, 0) is 79.1 Å². The summed E-state index contributed by atoms with van der Waals surface area (Å²) in [7, 11) is 0. The van der Waals surface area contributed by atoms with Crippen LogP contribution in [0, 0.1) is 17.8 Å². The number of amides is 1. The molecular formula is C27H28N2O3S. The molecule has 0 saturated heterocycles. The number of carbonyl (C=O) groups excluding carboxylic acids is 1. The van der Waals surface area contributed by atoms with Gasteiger partial charge in [0.25, 0.3) is 11.8 Å². The maximum Gasteiger partial charge on any atom is 0.291 e. The average molecular weight is 461 g/mol. The number of nitrogens with zero attached hydrogens (tertiary/aromatic N) is 1. The lowest BCUT2D eigenvalue weighted by Crippen LogP contribution is -2.59. The van der Waals surface area contributed by atoms with Gasteiger partial charge in [0, 0.05) is 10.4 Å². The molecule has 170 valence electrons. The summed E-state index contributed by atoms with van der Waals surface area (Å²) in [5, 5.41) is 7.58. The third kappa shape index (κ3) is 4.29. The van der Waals surface area contributed by atoms with Crippen LogP contribution in [0.1, 0.15) is 54.6 Å². The molecule has 0 atom stereocenters. The predicted molar refractivity (Wildman–Crippen MR) is 126 cm³/mol. The Labute approximate surface area is 198 Å². The first kappa shape index (κ1) is 20.8. The zero-order valence-electron chi connectivity index (χ0n) is 18.5. The fourth-order valence-corrected chi connectivity index (χ4v) is 7.42. The summed E-state index contributed by atoms with van der Waals surface area (Å²) in [6.07, 6.45) is 7.30. The Morgan fingerprint density at radius 2 is 1.58 bits per heavy atom. The normalized spacial score (nSPS) is 27.5. The average Bonchev–Trinajstić information content (AvgIpc) is 3.20. The van der Waals surface area contributed by atoms with Crippen molar-refractivity contribution in [3.05, 3.63) is 72.0 Å². The molecule has 6 heteroatoms. The van der Waals surface area contributed by atoms with Crippen molar-refractivity contribution in [2.24, 2.45) is 17.8 Å². The summed E-state index contributed by atoms with van der Waals surface area (Å²) >= 11 is 1.46. The molecule has 33 heavy (non-hydrogen) atoms. The summed E-state index contributed by atoms with van der Waals surface area (Å²) < 4.78 is 11.6. The summed E-state index contributed by atoms with van der Waals surface area (Å²) in [6, 6.07) is 19.9. The lowest BCUT2D eigenvalue weighted by molar-refractivity contribution is -0.0173. The van der Waals surface area contributed by atoms with Crippen molar-refractivity contribution in [3.63, 3.8) is 0 Å². The smallest absolute Gasteiger partial charge is 0.291 e. The third-order valence-corrected chi connectivity index (χ3v) is 8.50. The summed E-state index contributed by atoms with van der Waals surface area (Å²) in [6.45, 7) is 0.367. The van der Waals surface area contributed by atoms with E-state index < -0.39 is 0 Å². The molecule has 4 aliphatic rings. The van der Waals surface area contributed by atoms with Crippen LogP contribution in [-0.2, 0) is 6.61 Å². The number of hydrogen-bond donors (Lipinski definition) is 1. The van der Waals surface area contributed by atoms with Gasteiger partial charge in [0.1, 0.15) is 11.5 Å². The van der Waals surface area contributed by atoms with Crippen LogP contribution in [0.5, 0.6) is 5.88 Å². The van der Waals surface area contributed by atoms with E-state index in [4.69, 9.17) is 9.26 Å². The Bertz CT molecular complexity index is 1090. The SMILES string of the molecule is O=C(NC12CC3CC(CC(C3)C1)C2)c1onc(OCc2ccccc2)c1Sc1ccccc1. The molecule has 1 aromatic heterocycles. The maximum absolute atomic E-state index is 13.5. The van der Waals surface area contributed by atoms with Crippen LogP contribution in [0.4, 0.5) is 0 Å². The Balaban J connectivity index is 1.26. The number of carbonyl (C=O) groups is 1. The van der Waals surface area contributed by atoms with Crippen LogP contribution < -0.4 is 10.1 Å². The molecule has 4 bridgehead atoms. The second kappa shape index (κ2) is 8.56. The van der Waals surface area contributed by atoms with E-state index in [-0.39, 0.29) is 17.2 Å². The zero-order valence-corrected chi connectivity index (χ0v) is 19.4. The number of aromatic nitrogens is 1. The van der Waals surface area contributed by atoms with Crippen molar-refractivity contribution < 1.29 is 14.1 Å². The molecule has 4 fully saturated rings. The lowest BCUT2D eigenvalue weighted by Gasteiger charge is -2.56. The highest BCUT2D eigenvalue weighted by Crippen LogP contribution is 2.55. The van der Waals surface area contributed by atoms with E-state index in [0.717, 1.165) is 47.5 Å². The largest absolute Gasteiger partial charge is 0.470 e. The van der Waals surface area contributed by atoms with E-state index in [9.17, 15) is 4.79 Å². The van der Waals surface area contributed by atoms with Gasteiger partial charge in [-0.3, -0.25) is 4.79 Å². The van der Waals surface area contributed by atoms with Gasteiger partial charge in [0.05, 0.1) is 0 Å². The van der Waals surface area contributed by atoms with Gasteiger partial charge >= 0.3 is 0 Å². The Hall–Kier alpha value is -2.73. The fraction of sp³-hybridized carbons (Fsp3) is 0.407. The topological polar surface area (TPSA) is 64.4 Å². The molecule has 0 unspecified atom stereocenters. The molecule has 1 heterocycles. The van der Waals surface area contributed by atoms with Crippen LogP contribution in [0.25, 0.3) is 0 Å². The molecule has 0 aliphatic heterocycles. The van der Waals surface area contributed by atoms with E-state index in [1.807, 2.05) is 60.7 Å². The Morgan fingerprint density at radius 1 is 0.970 bits per heavy atom. The van der Waals surface area contributed by atoms with Crippen molar-refractivity contribution >= 4 is 17.7 Å². The molecular weight excluding hydrogens is 432 g/mol. The summed E-state index contributed by atoms with van der Waals surface area (Å²) in [4.78, 5) is 15.2. The standard InChI is InChI=1S/C27H28N2O3S/c30-25(28-27-14-19-11-20(15-27)13-21(12-19)16-27)23-24(33-22-9-5-2-6-10-22)26(29-32-23)31-17-18-7-3-1-4-8-18/h1-10,19-21H,11-17H2,(H,28,30). The van der Waals surface area contributed by atoms with Crippen LogP contribution in [-0.4, -0.2) is 16.6 Å². The van der Waals surface area contributed by atoms with E-state index in [2.05, 4.69) is 10.5 Å². The second-order valence-corrected chi connectivity index (χ2v) is 11.1. The second-order valence-electron chi connectivity index (χ2n) is 9.99. The third-order valence-electron chi connectivity index (χ3n) is 7.42. The molecule has 3 aromatic rings. The van der Waals surface area contributed by atoms with E-state index >= 15 is 0 Å². The summed E-state index contributed by atoms with van der Waals surface area (Å²) in [5.74, 6) is 2.72. The minimum atomic E-state index is -0.169. The van der Waals surface area contributed by atoms with Gasteiger partial charge in [-0.15, -0.1) is 0 Å². The monoisotopic (exact) mass is 460 g/mol. The lowest BCUT2D eigenvalue weighted by atomic mass is 9.53. The number of hydrogen-bond acceptors (Lipinski definition) is 5. The van der Waals surface area contributed by atoms with Crippen molar-refractivity contribution in [2.75, 3.05) is 0 Å². The van der Waals surface area contributed by atoms with Crippen molar-refractivity contribution in [2.45, 2.75) is 60.5 Å². The maximum atomic E-state index is 13.5. The van der Waals surface area contributed by atoms with Crippen molar-refractivity contribution in [1.29, 1.82) is 0 Å². The van der Waals surface area contributed by atoms with Crippen LogP contribution in [0.15, 0.2) is 75.0 Å². The van der Waals surface area contributed by atoms with Gasteiger partial charge in [0.2, 0.25) is 5.76 Å². The molecule has 0 radical (unpaired) electrons. The summed E-state index contributed by atoms with van der Waals surface area (Å²) in [5.41, 5.74) is 0.953. The van der Waals surface area contributed by atoms with Crippen molar-refractivity contribution in [3.8, 4) is 5.88 Å². The predicted octanol–water partition coefficient (Wildman–Crippen LogP) is 6.10. The van der Waals surface area contributed by atoms with E-state index in [1.165, 1.54) is 31.0 Å². The van der Waals surface area contributed by atoms with Crippen molar-refractivity contribution in [1.82, 2.24) is 10.5 Å². The number of nitrogens with one attached hydrogen (secondary N) is 1. The molecule has 2 aromatic carbocycles. The quantitative estimate of drug-likeness (QED) is 0.461. The highest BCUT2D eigenvalue weighted by molar-refractivity contribution is 7.99. The Morgan fingerprint density at radius 3 is 2.21 bits per heavy atom. The molecule has 0 spiro atoms. The molecule has 1 amide bonds. The van der Waals surface area contributed by atoms with Crippen LogP contribution in [0.2, 0.25) is 0 Å².